The van der Waals surface area contributed by atoms with Gasteiger partial charge in [0.15, 0.2) is 0 Å². The second kappa shape index (κ2) is 7.05. The van der Waals surface area contributed by atoms with E-state index in [1.54, 1.807) is 0 Å². The Bertz CT molecular complexity index is 854. The molecule has 0 heterocycles. The third-order valence-corrected chi connectivity index (χ3v) is 10.5. The van der Waals surface area contributed by atoms with Crippen molar-refractivity contribution in [3.63, 3.8) is 0 Å². The van der Waals surface area contributed by atoms with E-state index in [1.165, 1.54) is 0 Å². The highest BCUT2D eigenvalue weighted by molar-refractivity contribution is 5.89. The quantitative estimate of drug-likeness (QED) is 0.669. The smallest absolute Gasteiger partial charge is 0.338 e. The standard InChI is InChI=1S/C27H38O4/c1-24-12-13-27(16-24)19(15-21(24)29)14-20(31-23(30)18-8-5-4-6-9-18)22-25(2,17-28)10-7-11-26(22,27)3/h4-6,8-9,19-22,28-29H,7,10-17H2,1-3H3/t19-,20+,21-,22?,24-,25-,26-,27-/m0/s1. The van der Waals surface area contributed by atoms with Crippen molar-refractivity contribution in [1.82, 2.24) is 0 Å². The Balaban J connectivity index is 1.56. The number of benzene rings is 1. The van der Waals surface area contributed by atoms with E-state index in [0.29, 0.717) is 11.5 Å². The van der Waals surface area contributed by atoms with Crippen LogP contribution < -0.4 is 0 Å². The van der Waals surface area contributed by atoms with Crippen molar-refractivity contribution in [2.75, 3.05) is 6.61 Å². The number of fused-ring (bicyclic) bond motifs is 2. The summed E-state index contributed by atoms with van der Waals surface area (Å²) in [6.07, 6.45) is 7.64. The van der Waals surface area contributed by atoms with Crippen LogP contribution in [0.15, 0.2) is 30.3 Å². The number of aliphatic hydroxyl groups excluding tert-OH is 2. The van der Waals surface area contributed by atoms with Crippen LogP contribution in [0.3, 0.4) is 0 Å². The summed E-state index contributed by atoms with van der Waals surface area (Å²) in [5.74, 6) is 0.247. The van der Waals surface area contributed by atoms with Gasteiger partial charge >= 0.3 is 5.97 Å². The van der Waals surface area contributed by atoms with Gasteiger partial charge in [0, 0.05) is 12.5 Å². The highest BCUT2D eigenvalue weighted by Gasteiger charge is 2.72. The molecule has 4 aliphatic rings. The molecule has 4 heteroatoms. The first-order valence-electron chi connectivity index (χ1n) is 12.2. The molecule has 0 saturated heterocycles. The molecule has 0 aliphatic heterocycles. The van der Waals surface area contributed by atoms with Crippen LogP contribution in [0.5, 0.6) is 0 Å². The molecule has 1 aromatic rings. The van der Waals surface area contributed by atoms with E-state index in [2.05, 4.69) is 20.8 Å². The number of hydrogen-bond acceptors (Lipinski definition) is 4. The van der Waals surface area contributed by atoms with Gasteiger partial charge < -0.3 is 14.9 Å². The topological polar surface area (TPSA) is 66.8 Å². The zero-order chi connectivity index (χ0) is 22.1. The van der Waals surface area contributed by atoms with Crippen molar-refractivity contribution in [1.29, 1.82) is 0 Å². The fourth-order valence-corrected chi connectivity index (χ4v) is 8.94. The number of carbonyl (C=O) groups excluding carboxylic acids is 1. The Morgan fingerprint density at radius 1 is 1.06 bits per heavy atom. The van der Waals surface area contributed by atoms with E-state index in [-0.39, 0.29) is 52.4 Å². The number of hydrogen-bond donors (Lipinski definition) is 2. The summed E-state index contributed by atoms with van der Waals surface area (Å²) < 4.78 is 6.29. The average Bonchev–Trinajstić information content (AvgIpc) is 3.08. The van der Waals surface area contributed by atoms with Gasteiger partial charge in [-0.05, 0) is 84.7 Å². The zero-order valence-corrected chi connectivity index (χ0v) is 19.3. The zero-order valence-electron chi connectivity index (χ0n) is 19.3. The number of esters is 1. The summed E-state index contributed by atoms with van der Waals surface area (Å²) in [6.45, 7) is 7.05. The third-order valence-electron chi connectivity index (χ3n) is 10.5. The molecule has 4 aliphatic carbocycles. The molecule has 170 valence electrons. The first-order chi connectivity index (χ1) is 14.7. The maximum Gasteiger partial charge on any atom is 0.338 e. The van der Waals surface area contributed by atoms with E-state index in [4.69, 9.17) is 4.74 Å². The van der Waals surface area contributed by atoms with E-state index >= 15 is 0 Å². The highest BCUT2D eigenvalue weighted by atomic mass is 16.5. The first kappa shape index (κ1) is 21.5. The second-order valence-electron chi connectivity index (χ2n) is 12.0. The number of ether oxygens (including phenoxy) is 1. The van der Waals surface area contributed by atoms with E-state index in [1.807, 2.05) is 30.3 Å². The molecule has 4 saturated carbocycles. The molecule has 2 bridgehead atoms. The van der Waals surface area contributed by atoms with Gasteiger partial charge in [0.25, 0.3) is 0 Å². The SMILES string of the molecule is C[C@@]1(CO)CCC[C@@]2(C)C1[C@H](OC(=O)c1ccccc1)C[C@H]1C[C@H](O)[C@@]3(C)CC[C@]12C3. The molecule has 0 radical (unpaired) electrons. The Labute approximate surface area is 186 Å². The fourth-order valence-electron chi connectivity index (χ4n) is 8.94. The predicted molar refractivity (Wildman–Crippen MR) is 119 cm³/mol. The summed E-state index contributed by atoms with van der Waals surface area (Å²) >= 11 is 0. The molecule has 0 aromatic heterocycles. The van der Waals surface area contributed by atoms with E-state index < -0.39 is 0 Å². The Morgan fingerprint density at radius 2 is 1.81 bits per heavy atom. The van der Waals surface area contributed by atoms with Crippen LogP contribution >= 0.6 is 0 Å². The van der Waals surface area contributed by atoms with Crippen LogP contribution in [0.1, 0.15) is 82.5 Å². The average molecular weight is 427 g/mol. The molecular formula is C27H38O4. The molecule has 2 N–H and O–H groups in total. The van der Waals surface area contributed by atoms with Crippen LogP contribution in [0.2, 0.25) is 0 Å². The van der Waals surface area contributed by atoms with Gasteiger partial charge in [-0.15, -0.1) is 0 Å². The Hall–Kier alpha value is -1.39. The summed E-state index contributed by atoms with van der Waals surface area (Å²) in [5.41, 5.74) is 0.528. The van der Waals surface area contributed by atoms with Gasteiger partial charge in [-0.2, -0.15) is 0 Å². The van der Waals surface area contributed by atoms with Crippen molar-refractivity contribution >= 4 is 5.97 Å². The van der Waals surface area contributed by atoms with E-state index in [9.17, 15) is 15.0 Å². The molecule has 5 rings (SSSR count). The summed E-state index contributed by atoms with van der Waals surface area (Å²) in [6, 6.07) is 9.26. The van der Waals surface area contributed by atoms with Crippen molar-refractivity contribution in [3.05, 3.63) is 35.9 Å². The molecule has 1 aromatic carbocycles. The number of carbonyl (C=O) groups is 1. The second-order valence-corrected chi connectivity index (χ2v) is 12.0. The van der Waals surface area contributed by atoms with Gasteiger partial charge in [0.2, 0.25) is 0 Å². The highest BCUT2D eigenvalue weighted by Crippen LogP contribution is 2.76. The minimum absolute atomic E-state index is 0.00464. The van der Waals surface area contributed by atoms with Crippen LogP contribution in [-0.4, -0.2) is 35.0 Å². The lowest BCUT2D eigenvalue weighted by Gasteiger charge is -2.68. The summed E-state index contributed by atoms with van der Waals surface area (Å²) in [7, 11) is 0. The number of rotatable bonds is 3. The van der Waals surface area contributed by atoms with Crippen LogP contribution in [0.25, 0.3) is 0 Å². The largest absolute Gasteiger partial charge is 0.458 e. The molecule has 4 fully saturated rings. The molecule has 4 nitrogen and oxygen atoms in total. The van der Waals surface area contributed by atoms with Crippen LogP contribution in [0, 0.1) is 33.5 Å². The van der Waals surface area contributed by atoms with Crippen LogP contribution in [0.4, 0.5) is 0 Å². The minimum atomic E-state index is -0.272. The van der Waals surface area contributed by atoms with Crippen LogP contribution in [-0.2, 0) is 4.74 Å². The fraction of sp³-hybridized carbons (Fsp3) is 0.741. The van der Waals surface area contributed by atoms with Crippen molar-refractivity contribution in [3.8, 4) is 0 Å². The Kier molecular flexibility index (Phi) is 4.88. The van der Waals surface area contributed by atoms with Gasteiger partial charge in [0.05, 0.1) is 11.7 Å². The molecule has 31 heavy (non-hydrogen) atoms. The maximum atomic E-state index is 13.1. The molecule has 1 unspecified atom stereocenters. The van der Waals surface area contributed by atoms with Gasteiger partial charge in [-0.3, -0.25) is 0 Å². The monoisotopic (exact) mass is 426 g/mol. The molecular weight excluding hydrogens is 388 g/mol. The van der Waals surface area contributed by atoms with Gasteiger partial charge in [-0.25, -0.2) is 4.79 Å². The van der Waals surface area contributed by atoms with E-state index in [0.717, 1.165) is 51.4 Å². The Morgan fingerprint density at radius 3 is 2.52 bits per heavy atom. The van der Waals surface area contributed by atoms with Crippen molar-refractivity contribution in [2.24, 2.45) is 33.5 Å². The summed E-state index contributed by atoms with van der Waals surface area (Å²) in [4.78, 5) is 13.1. The number of aliphatic hydroxyl groups is 2. The minimum Gasteiger partial charge on any atom is -0.458 e. The lowest BCUT2D eigenvalue weighted by molar-refractivity contribution is -0.235. The van der Waals surface area contributed by atoms with Crippen molar-refractivity contribution in [2.45, 2.75) is 84.3 Å². The lowest BCUT2D eigenvalue weighted by atomic mass is 9.37. The lowest BCUT2D eigenvalue weighted by Crippen LogP contribution is -2.65. The third kappa shape index (κ3) is 2.90. The van der Waals surface area contributed by atoms with Gasteiger partial charge in [0.1, 0.15) is 6.10 Å². The summed E-state index contributed by atoms with van der Waals surface area (Å²) in [5, 5.41) is 21.6. The van der Waals surface area contributed by atoms with Gasteiger partial charge in [-0.1, -0.05) is 45.4 Å². The predicted octanol–water partition coefficient (Wildman–Crippen LogP) is 4.98. The molecule has 8 atom stereocenters. The normalized spacial score (nSPS) is 48.5. The van der Waals surface area contributed by atoms with Crippen molar-refractivity contribution < 1.29 is 19.7 Å². The molecule has 1 spiro atoms. The maximum absolute atomic E-state index is 13.1. The molecule has 0 amide bonds. The first-order valence-corrected chi connectivity index (χ1v) is 12.2.